The number of methoxy groups -OCH3 is 1. The fraction of sp³-hybridized carbons (Fsp3) is 0.308. The highest BCUT2D eigenvalue weighted by molar-refractivity contribution is 6.34. The summed E-state index contributed by atoms with van der Waals surface area (Å²) in [5, 5.41) is 14.2. The van der Waals surface area contributed by atoms with Gasteiger partial charge in [0.25, 0.3) is 0 Å². The Morgan fingerprint density at radius 3 is 2.71 bits per heavy atom. The predicted molar refractivity (Wildman–Crippen MR) is 74.8 cm³/mol. The molecule has 21 heavy (non-hydrogen) atoms. The Balaban J connectivity index is 2.22. The largest absolute Gasteiger partial charge is 0.496 e. The summed E-state index contributed by atoms with van der Waals surface area (Å²) in [5.74, 6) is -1.69. The van der Waals surface area contributed by atoms with Gasteiger partial charge in [0.2, 0.25) is 11.8 Å². The number of carbonyl (C=O) groups excluding carboxylic acids is 2. The molecule has 0 bridgehead atoms. The van der Waals surface area contributed by atoms with Gasteiger partial charge in [-0.3, -0.25) is 9.59 Å². The van der Waals surface area contributed by atoms with Gasteiger partial charge < -0.3 is 20.5 Å². The molecule has 0 spiro atoms. The highest BCUT2D eigenvalue weighted by Gasteiger charge is 2.28. The number of aromatic carboxylic acids is 1. The number of anilines is 1. The number of benzene rings is 1. The summed E-state index contributed by atoms with van der Waals surface area (Å²) in [6.45, 7) is 0. The van der Waals surface area contributed by atoms with E-state index in [0.29, 0.717) is 12.8 Å². The zero-order chi connectivity index (χ0) is 15.6. The van der Waals surface area contributed by atoms with Gasteiger partial charge in [0.05, 0.1) is 17.8 Å². The lowest BCUT2D eigenvalue weighted by Crippen LogP contribution is -2.37. The van der Waals surface area contributed by atoms with Crippen molar-refractivity contribution in [1.29, 1.82) is 0 Å². The minimum absolute atomic E-state index is 0.0749. The van der Waals surface area contributed by atoms with Crippen molar-refractivity contribution in [3.05, 3.63) is 22.7 Å². The predicted octanol–water partition coefficient (Wildman–Crippen LogP) is 1.26. The molecule has 1 heterocycles. The van der Waals surface area contributed by atoms with E-state index in [1.165, 1.54) is 19.2 Å². The maximum absolute atomic E-state index is 12.0. The van der Waals surface area contributed by atoms with E-state index < -0.39 is 17.9 Å². The Labute approximate surface area is 125 Å². The van der Waals surface area contributed by atoms with Crippen molar-refractivity contribution in [3.63, 3.8) is 0 Å². The lowest BCUT2D eigenvalue weighted by Gasteiger charge is -2.14. The molecule has 0 aliphatic carbocycles. The second-order valence-electron chi connectivity index (χ2n) is 4.49. The maximum Gasteiger partial charge on any atom is 0.339 e. The number of carbonyl (C=O) groups is 3. The lowest BCUT2D eigenvalue weighted by atomic mass is 10.1. The third-order valence-corrected chi connectivity index (χ3v) is 3.40. The van der Waals surface area contributed by atoms with Crippen LogP contribution in [0.3, 0.4) is 0 Å². The minimum atomic E-state index is -1.19. The first kappa shape index (κ1) is 15.1. The molecule has 7 nitrogen and oxygen atoms in total. The summed E-state index contributed by atoms with van der Waals surface area (Å²) in [6, 6.07) is 1.92. The Bertz CT molecular complexity index is 617. The van der Waals surface area contributed by atoms with Gasteiger partial charge in [0, 0.05) is 12.5 Å². The van der Waals surface area contributed by atoms with E-state index in [-0.39, 0.29) is 27.9 Å². The van der Waals surface area contributed by atoms with Gasteiger partial charge >= 0.3 is 5.97 Å². The van der Waals surface area contributed by atoms with Crippen molar-refractivity contribution in [2.24, 2.45) is 0 Å². The number of nitrogens with one attached hydrogen (secondary N) is 2. The molecule has 2 rings (SSSR count). The van der Waals surface area contributed by atoms with E-state index >= 15 is 0 Å². The molecule has 3 N–H and O–H groups in total. The van der Waals surface area contributed by atoms with Gasteiger partial charge in [-0.2, -0.15) is 0 Å². The summed E-state index contributed by atoms with van der Waals surface area (Å²) in [5.41, 5.74) is 0.124. The van der Waals surface area contributed by atoms with Crippen molar-refractivity contribution in [2.75, 3.05) is 12.4 Å². The molecular weight excluding hydrogens is 300 g/mol. The third kappa shape index (κ3) is 3.25. The molecule has 2 amide bonds. The van der Waals surface area contributed by atoms with E-state index in [9.17, 15) is 14.4 Å². The van der Waals surface area contributed by atoms with Crippen molar-refractivity contribution < 1.29 is 24.2 Å². The first-order valence-electron chi connectivity index (χ1n) is 6.13. The SMILES string of the molecule is COc1cc(NC(=O)C2CCC(=O)N2)c(Cl)cc1C(=O)O. The van der Waals surface area contributed by atoms with Crippen LogP contribution in [0.1, 0.15) is 23.2 Å². The fourth-order valence-electron chi connectivity index (χ4n) is 2.02. The molecule has 1 aliphatic rings. The fourth-order valence-corrected chi connectivity index (χ4v) is 2.23. The van der Waals surface area contributed by atoms with Gasteiger partial charge in [-0.25, -0.2) is 4.79 Å². The number of hydrogen-bond acceptors (Lipinski definition) is 4. The van der Waals surface area contributed by atoms with Crippen molar-refractivity contribution in [3.8, 4) is 5.75 Å². The number of carboxylic acid groups (broad SMARTS) is 1. The highest BCUT2D eigenvalue weighted by atomic mass is 35.5. The van der Waals surface area contributed by atoms with E-state index in [2.05, 4.69) is 10.6 Å². The second-order valence-corrected chi connectivity index (χ2v) is 4.89. The monoisotopic (exact) mass is 312 g/mol. The summed E-state index contributed by atoms with van der Waals surface area (Å²) in [7, 11) is 1.32. The minimum Gasteiger partial charge on any atom is -0.496 e. The zero-order valence-corrected chi connectivity index (χ0v) is 11.9. The van der Waals surface area contributed by atoms with Crippen molar-refractivity contribution in [1.82, 2.24) is 5.32 Å². The number of carboxylic acids is 1. The molecule has 1 saturated heterocycles. The molecule has 1 fully saturated rings. The second kappa shape index (κ2) is 6.01. The van der Waals surface area contributed by atoms with Gasteiger partial charge in [-0.05, 0) is 12.5 Å². The van der Waals surface area contributed by atoms with Crippen LogP contribution in [0.4, 0.5) is 5.69 Å². The van der Waals surface area contributed by atoms with E-state index in [1.807, 2.05) is 0 Å². The van der Waals surface area contributed by atoms with Crippen LogP contribution in [0.5, 0.6) is 5.75 Å². The van der Waals surface area contributed by atoms with Crippen LogP contribution in [0.2, 0.25) is 5.02 Å². The molecular formula is C13H13ClN2O5. The smallest absolute Gasteiger partial charge is 0.339 e. The average molecular weight is 313 g/mol. The lowest BCUT2D eigenvalue weighted by molar-refractivity contribution is -0.122. The van der Waals surface area contributed by atoms with Gasteiger partial charge in [0.15, 0.2) is 0 Å². The normalized spacial score (nSPS) is 17.2. The Kier molecular flexibility index (Phi) is 4.32. The molecule has 1 aromatic rings. The van der Waals surface area contributed by atoms with Crippen LogP contribution in [0.15, 0.2) is 12.1 Å². The van der Waals surface area contributed by atoms with Crippen molar-refractivity contribution >= 4 is 35.1 Å². The summed E-state index contributed by atoms with van der Waals surface area (Å²) in [6.07, 6.45) is 0.708. The topological polar surface area (TPSA) is 105 Å². The number of rotatable bonds is 4. The van der Waals surface area contributed by atoms with E-state index in [4.69, 9.17) is 21.4 Å². The van der Waals surface area contributed by atoms with E-state index in [1.54, 1.807) is 0 Å². The highest BCUT2D eigenvalue weighted by Crippen LogP contribution is 2.31. The van der Waals surface area contributed by atoms with E-state index in [0.717, 1.165) is 0 Å². The number of halogens is 1. The van der Waals surface area contributed by atoms with Gasteiger partial charge in [-0.15, -0.1) is 0 Å². The zero-order valence-electron chi connectivity index (χ0n) is 11.1. The molecule has 112 valence electrons. The average Bonchev–Trinajstić information content (AvgIpc) is 2.87. The first-order valence-corrected chi connectivity index (χ1v) is 6.51. The van der Waals surface area contributed by atoms with Crippen LogP contribution in [0, 0.1) is 0 Å². The van der Waals surface area contributed by atoms with Gasteiger partial charge in [0.1, 0.15) is 17.4 Å². The first-order chi connectivity index (χ1) is 9.92. The van der Waals surface area contributed by atoms with Crippen LogP contribution >= 0.6 is 11.6 Å². The van der Waals surface area contributed by atoms with Crippen LogP contribution in [0.25, 0.3) is 0 Å². The molecule has 1 aromatic carbocycles. The van der Waals surface area contributed by atoms with Crippen LogP contribution < -0.4 is 15.4 Å². The Morgan fingerprint density at radius 2 is 2.19 bits per heavy atom. The summed E-state index contributed by atoms with van der Waals surface area (Å²) >= 11 is 5.96. The molecule has 1 aliphatic heterocycles. The van der Waals surface area contributed by atoms with Crippen LogP contribution in [-0.2, 0) is 9.59 Å². The quantitative estimate of drug-likeness (QED) is 0.776. The molecule has 0 saturated carbocycles. The molecule has 8 heteroatoms. The Hall–Kier alpha value is -2.28. The molecule has 0 radical (unpaired) electrons. The third-order valence-electron chi connectivity index (χ3n) is 3.09. The van der Waals surface area contributed by atoms with Crippen LogP contribution in [-0.4, -0.2) is 36.0 Å². The Morgan fingerprint density at radius 1 is 1.48 bits per heavy atom. The number of hydrogen-bond donors (Lipinski definition) is 3. The maximum atomic E-state index is 12.0. The number of amides is 2. The molecule has 0 aromatic heterocycles. The van der Waals surface area contributed by atoms with Crippen molar-refractivity contribution in [2.45, 2.75) is 18.9 Å². The number of ether oxygens (including phenoxy) is 1. The molecule has 1 unspecified atom stereocenters. The standard InChI is InChI=1S/C13H13ClN2O5/c1-21-10-5-9(7(14)4-6(10)13(19)20)16-12(18)8-2-3-11(17)15-8/h4-5,8H,2-3H2,1H3,(H,15,17)(H,16,18)(H,19,20). The summed E-state index contributed by atoms with van der Waals surface area (Å²) < 4.78 is 4.97. The van der Waals surface area contributed by atoms with Gasteiger partial charge in [-0.1, -0.05) is 11.6 Å². The molecule has 1 atom stereocenters. The summed E-state index contributed by atoms with van der Waals surface area (Å²) in [4.78, 5) is 34.1.